The summed E-state index contributed by atoms with van der Waals surface area (Å²) in [6.45, 7) is 3.95. The lowest BCUT2D eigenvalue weighted by molar-refractivity contribution is -0.161. The molecule has 0 aromatic carbocycles. The molecule has 0 saturated heterocycles. The molecule has 67 heavy (non-hydrogen) atoms. The van der Waals surface area contributed by atoms with Gasteiger partial charge in [-0.25, -0.2) is 0 Å². The predicted octanol–water partition coefficient (Wildman–Crippen LogP) is 18.0. The summed E-state index contributed by atoms with van der Waals surface area (Å²) in [5, 5.41) is 9.59. The van der Waals surface area contributed by atoms with Crippen molar-refractivity contribution in [3.8, 4) is 0 Å². The van der Waals surface area contributed by atoms with E-state index in [0.29, 0.717) is 12.8 Å². The molecule has 0 aromatic heterocycles. The van der Waals surface area contributed by atoms with Gasteiger partial charge in [-0.05, 0) is 128 Å². The molecule has 0 aliphatic heterocycles. The van der Waals surface area contributed by atoms with Gasteiger partial charge < -0.3 is 14.6 Å². The van der Waals surface area contributed by atoms with Gasteiger partial charge in [0.1, 0.15) is 6.61 Å². The Hall–Kier alpha value is -4.48. The zero-order valence-corrected chi connectivity index (χ0v) is 42.6. The van der Waals surface area contributed by atoms with Crippen LogP contribution in [0.25, 0.3) is 0 Å². The maximum Gasteiger partial charge on any atom is 0.306 e. The Morgan fingerprint density at radius 2 is 0.642 bits per heavy atom. The molecule has 5 heteroatoms. The number of hydrogen-bond acceptors (Lipinski definition) is 5. The number of esters is 2. The van der Waals surface area contributed by atoms with Gasteiger partial charge in [-0.3, -0.25) is 9.59 Å². The van der Waals surface area contributed by atoms with Crippen LogP contribution in [0.15, 0.2) is 158 Å². The second-order valence-electron chi connectivity index (χ2n) is 16.9. The molecule has 0 rings (SSSR count). The first-order valence-electron chi connectivity index (χ1n) is 26.5. The lowest BCUT2D eigenvalue weighted by atomic mass is 10.1. The first kappa shape index (κ1) is 62.5. The van der Waals surface area contributed by atoms with Gasteiger partial charge in [0.15, 0.2) is 6.10 Å². The van der Waals surface area contributed by atoms with Gasteiger partial charge in [-0.15, -0.1) is 0 Å². The first-order valence-corrected chi connectivity index (χ1v) is 26.5. The van der Waals surface area contributed by atoms with Crippen LogP contribution in [0.4, 0.5) is 0 Å². The van der Waals surface area contributed by atoms with Gasteiger partial charge in [0.05, 0.1) is 6.61 Å². The minimum atomic E-state index is -0.799. The van der Waals surface area contributed by atoms with Crippen LogP contribution in [0.3, 0.4) is 0 Å². The zero-order chi connectivity index (χ0) is 48.5. The van der Waals surface area contributed by atoms with Gasteiger partial charge in [-0.1, -0.05) is 217 Å². The molecule has 1 atom stereocenters. The normalized spacial score (nSPS) is 13.5. The number of aliphatic hydroxyl groups is 1. The molecule has 374 valence electrons. The quantitative estimate of drug-likeness (QED) is 0.0374. The van der Waals surface area contributed by atoms with E-state index in [-0.39, 0.29) is 25.2 Å². The number of allylic oxidation sites excluding steroid dienone is 26. The fourth-order valence-corrected chi connectivity index (χ4v) is 6.59. The van der Waals surface area contributed by atoms with Gasteiger partial charge in [-0.2, -0.15) is 0 Å². The predicted molar refractivity (Wildman–Crippen MR) is 292 cm³/mol. The monoisotopic (exact) mass is 921 g/mol. The molecule has 0 amide bonds. The average Bonchev–Trinajstić information content (AvgIpc) is 3.33. The van der Waals surface area contributed by atoms with Crippen LogP contribution < -0.4 is 0 Å². The lowest BCUT2D eigenvalue weighted by Gasteiger charge is -2.15. The van der Waals surface area contributed by atoms with E-state index in [4.69, 9.17) is 9.47 Å². The van der Waals surface area contributed by atoms with E-state index < -0.39 is 6.10 Å². The average molecular weight is 921 g/mol. The molecule has 0 aliphatic rings. The van der Waals surface area contributed by atoms with E-state index in [1.54, 1.807) is 0 Å². The molecule has 1 unspecified atom stereocenters. The largest absolute Gasteiger partial charge is 0.462 e. The third-order valence-electron chi connectivity index (χ3n) is 10.6. The highest BCUT2D eigenvalue weighted by atomic mass is 16.6. The van der Waals surface area contributed by atoms with Gasteiger partial charge >= 0.3 is 11.9 Å². The third kappa shape index (κ3) is 54.0. The van der Waals surface area contributed by atoms with Crippen molar-refractivity contribution in [3.63, 3.8) is 0 Å². The fraction of sp³-hybridized carbons (Fsp3) is 0.548. The summed E-state index contributed by atoms with van der Waals surface area (Å²) in [4.78, 5) is 24.3. The fourth-order valence-electron chi connectivity index (χ4n) is 6.59. The van der Waals surface area contributed by atoms with E-state index in [0.717, 1.165) is 135 Å². The van der Waals surface area contributed by atoms with E-state index in [1.165, 1.54) is 38.5 Å². The molecule has 0 aromatic rings. The van der Waals surface area contributed by atoms with E-state index in [2.05, 4.69) is 172 Å². The van der Waals surface area contributed by atoms with Crippen LogP contribution in [-0.2, 0) is 19.1 Å². The smallest absolute Gasteiger partial charge is 0.306 e. The Morgan fingerprint density at radius 1 is 0.358 bits per heavy atom. The summed E-state index contributed by atoms with van der Waals surface area (Å²) >= 11 is 0. The number of unbranched alkanes of at least 4 members (excludes halogenated alkanes) is 12. The Kier molecular flexibility index (Phi) is 52.1. The molecule has 0 fully saturated rings. The van der Waals surface area contributed by atoms with Crippen molar-refractivity contribution in [3.05, 3.63) is 158 Å². The SMILES string of the molecule is CC/C=C\C/C=C\C/C=C\C/C=C\C/C=C\C/C=C\C/C=C\C/C=C\C/C=C\C/C=C\C/C=C\C/C=C\CCCCCCC(=O)OC(CO)COC(=O)CCCCCCC/C=C\CCCCC. The van der Waals surface area contributed by atoms with Crippen molar-refractivity contribution in [2.24, 2.45) is 0 Å². The highest BCUT2D eigenvalue weighted by Crippen LogP contribution is 2.11. The van der Waals surface area contributed by atoms with Crippen LogP contribution in [-0.4, -0.2) is 36.4 Å². The highest BCUT2D eigenvalue weighted by Gasteiger charge is 2.16. The summed E-state index contributed by atoms with van der Waals surface area (Å²) in [6, 6.07) is 0. The molecule has 0 bridgehead atoms. The van der Waals surface area contributed by atoms with E-state index >= 15 is 0 Å². The molecular weight excluding hydrogens is 825 g/mol. The van der Waals surface area contributed by atoms with Crippen molar-refractivity contribution >= 4 is 11.9 Å². The van der Waals surface area contributed by atoms with Crippen molar-refractivity contribution in [1.82, 2.24) is 0 Å². The Balaban J connectivity index is 3.70. The lowest BCUT2D eigenvalue weighted by Crippen LogP contribution is -2.28. The van der Waals surface area contributed by atoms with Gasteiger partial charge in [0.2, 0.25) is 0 Å². The van der Waals surface area contributed by atoms with Crippen molar-refractivity contribution < 1.29 is 24.2 Å². The number of carbonyl (C=O) groups is 2. The molecule has 1 N–H and O–H groups in total. The van der Waals surface area contributed by atoms with Crippen LogP contribution in [0.1, 0.15) is 200 Å². The summed E-state index contributed by atoms with van der Waals surface area (Å²) < 4.78 is 10.6. The number of aliphatic hydroxyl groups excluding tert-OH is 1. The maximum atomic E-state index is 12.2. The van der Waals surface area contributed by atoms with Crippen LogP contribution in [0.2, 0.25) is 0 Å². The number of carbonyl (C=O) groups excluding carboxylic acids is 2. The topological polar surface area (TPSA) is 72.8 Å². The molecule has 0 saturated carbocycles. The summed E-state index contributed by atoms with van der Waals surface area (Å²) in [6.07, 6.45) is 86.3. The minimum absolute atomic E-state index is 0.0900. The van der Waals surface area contributed by atoms with Crippen LogP contribution in [0, 0.1) is 0 Å². The highest BCUT2D eigenvalue weighted by molar-refractivity contribution is 5.70. The van der Waals surface area contributed by atoms with Crippen LogP contribution in [0.5, 0.6) is 0 Å². The summed E-state index contributed by atoms with van der Waals surface area (Å²) in [5.41, 5.74) is 0. The van der Waals surface area contributed by atoms with Crippen molar-refractivity contribution in [2.45, 2.75) is 206 Å². The third-order valence-corrected chi connectivity index (χ3v) is 10.6. The Labute approximate surface area is 411 Å². The molecule has 0 aliphatic carbocycles. The van der Waals surface area contributed by atoms with Gasteiger partial charge in [0.25, 0.3) is 0 Å². The van der Waals surface area contributed by atoms with Crippen LogP contribution >= 0.6 is 0 Å². The Bertz CT molecular complexity index is 1510. The van der Waals surface area contributed by atoms with E-state index in [9.17, 15) is 14.7 Å². The molecule has 5 nitrogen and oxygen atoms in total. The summed E-state index contributed by atoms with van der Waals surface area (Å²) in [5.74, 6) is -0.644. The maximum absolute atomic E-state index is 12.2. The zero-order valence-electron chi connectivity index (χ0n) is 42.6. The number of hydrogen-bond donors (Lipinski definition) is 1. The van der Waals surface area contributed by atoms with E-state index in [1.807, 2.05) is 0 Å². The van der Waals surface area contributed by atoms with Crippen molar-refractivity contribution in [1.29, 1.82) is 0 Å². The molecule has 0 heterocycles. The summed E-state index contributed by atoms with van der Waals surface area (Å²) in [7, 11) is 0. The number of rotatable bonds is 46. The standard InChI is InChI=1S/C62H96O5/c1-3-5-7-9-11-13-15-17-18-19-20-21-22-23-24-25-26-27-28-29-30-31-32-33-34-35-36-37-38-39-40-41-42-43-44-45-47-49-51-53-55-57-62(65)67-60(58-63)59-66-61(64)56-54-52-50-48-46-16-14-12-10-8-6-4-2/h5,7,11-14,17-18,20-21,23-24,26-27,29-30,32-33,35-36,38-39,41-42,44-45,60,63H,3-4,6,8-10,15-16,19,22,25,28,31,34,37,40,43,46-59H2,1-2H3/b7-5-,13-11-,14-12-,18-17-,21-20-,24-23-,27-26-,30-29-,33-32-,36-35-,39-38-,42-41-,45-44-. The van der Waals surface area contributed by atoms with Crippen molar-refractivity contribution in [2.75, 3.05) is 13.2 Å². The molecule has 0 spiro atoms. The molecular formula is C62H96O5. The Morgan fingerprint density at radius 3 is 0.985 bits per heavy atom. The molecule has 0 radical (unpaired) electrons. The minimum Gasteiger partial charge on any atom is -0.462 e. The second kappa shape index (κ2) is 55.8. The first-order chi connectivity index (χ1) is 33.1. The number of ether oxygens (including phenoxy) is 2. The van der Waals surface area contributed by atoms with Gasteiger partial charge in [0, 0.05) is 12.8 Å². The second-order valence-corrected chi connectivity index (χ2v) is 16.9.